The minimum Gasteiger partial charge on any atom is -0.379 e. The summed E-state index contributed by atoms with van der Waals surface area (Å²) in [6, 6.07) is 2.79. The molecule has 0 amide bonds. The Labute approximate surface area is 95.8 Å². The van der Waals surface area contributed by atoms with Gasteiger partial charge in [-0.05, 0) is 13.0 Å². The van der Waals surface area contributed by atoms with Gasteiger partial charge in [-0.2, -0.15) is 0 Å². The lowest BCUT2D eigenvalue weighted by Gasteiger charge is -2.26. The van der Waals surface area contributed by atoms with Crippen molar-refractivity contribution >= 4 is 5.95 Å². The van der Waals surface area contributed by atoms with Crippen LogP contribution in [0.5, 0.6) is 0 Å². The van der Waals surface area contributed by atoms with E-state index in [0.717, 1.165) is 45.8 Å². The van der Waals surface area contributed by atoms with Gasteiger partial charge in [0.05, 0.1) is 13.2 Å². The molecule has 0 atom stereocenters. The Morgan fingerprint density at radius 1 is 1.31 bits per heavy atom. The molecule has 0 aromatic carbocycles. The number of ether oxygens (including phenoxy) is 1. The van der Waals surface area contributed by atoms with Crippen molar-refractivity contribution in [3.8, 4) is 0 Å². The molecule has 1 aliphatic rings. The number of hydrogen-bond donors (Lipinski definition) is 1. The predicted molar refractivity (Wildman–Crippen MR) is 61.2 cm³/mol. The van der Waals surface area contributed by atoms with Crippen LogP contribution in [-0.4, -0.2) is 54.3 Å². The lowest BCUT2D eigenvalue weighted by molar-refractivity contribution is 0.0378. The van der Waals surface area contributed by atoms with E-state index in [1.165, 1.54) is 0 Å². The smallest absolute Gasteiger partial charge is 0.222 e. The number of morpholine rings is 1. The molecule has 0 spiro atoms. The van der Waals surface area contributed by atoms with E-state index in [-0.39, 0.29) is 0 Å². The monoisotopic (exact) mass is 221 g/mol. The van der Waals surface area contributed by atoms with Crippen LogP contribution in [0.2, 0.25) is 0 Å². The lowest BCUT2D eigenvalue weighted by Crippen LogP contribution is -2.37. The van der Waals surface area contributed by atoms with Gasteiger partial charge in [0.2, 0.25) is 5.95 Å². The van der Waals surface area contributed by atoms with Crippen LogP contribution in [0.3, 0.4) is 0 Å². The summed E-state index contributed by atoms with van der Waals surface area (Å²) in [5, 5.41) is 3.18. The molecule has 2 rings (SSSR count). The standard InChI is InChI=1S/C11H17N4O/c1-3-12-11(13-4-1)14-5-2-6-15-7-9-16-10-8-15/h3-4H,2,5-10H2,(H,12,13,14). The van der Waals surface area contributed by atoms with Crippen LogP contribution in [0.4, 0.5) is 5.95 Å². The third-order valence-electron chi connectivity index (χ3n) is 2.56. The second kappa shape index (κ2) is 6.40. The summed E-state index contributed by atoms with van der Waals surface area (Å²) in [6.45, 7) is 5.85. The van der Waals surface area contributed by atoms with Crippen LogP contribution in [0.15, 0.2) is 12.4 Å². The summed E-state index contributed by atoms with van der Waals surface area (Å²) in [5.74, 6) is 0.681. The third-order valence-corrected chi connectivity index (χ3v) is 2.56. The minimum atomic E-state index is 0.681. The maximum Gasteiger partial charge on any atom is 0.222 e. The highest BCUT2D eigenvalue weighted by Crippen LogP contribution is 1.99. The Balaban J connectivity index is 1.58. The molecule has 1 aromatic rings. The molecule has 1 fully saturated rings. The molecule has 16 heavy (non-hydrogen) atoms. The molecule has 1 aliphatic heterocycles. The highest BCUT2D eigenvalue weighted by molar-refractivity contribution is 5.21. The van der Waals surface area contributed by atoms with Gasteiger partial charge < -0.3 is 10.1 Å². The van der Waals surface area contributed by atoms with Crippen LogP contribution in [-0.2, 0) is 4.74 Å². The maximum absolute atomic E-state index is 5.29. The zero-order valence-corrected chi connectivity index (χ0v) is 9.35. The second-order valence-electron chi connectivity index (χ2n) is 3.74. The molecule has 0 bridgehead atoms. The fraction of sp³-hybridized carbons (Fsp3) is 0.636. The lowest BCUT2D eigenvalue weighted by atomic mass is 10.3. The van der Waals surface area contributed by atoms with Crippen molar-refractivity contribution in [2.75, 3.05) is 44.7 Å². The van der Waals surface area contributed by atoms with E-state index >= 15 is 0 Å². The molecule has 5 nitrogen and oxygen atoms in total. The van der Waals surface area contributed by atoms with Gasteiger partial charge in [-0.3, -0.25) is 4.90 Å². The molecule has 1 saturated heterocycles. The number of anilines is 1. The van der Waals surface area contributed by atoms with Crippen LogP contribution in [0, 0.1) is 6.07 Å². The van der Waals surface area contributed by atoms with Crippen molar-refractivity contribution in [2.45, 2.75) is 6.42 Å². The Hall–Kier alpha value is -1.20. The Morgan fingerprint density at radius 3 is 2.81 bits per heavy atom. The van der Waals surface area contributed by atoms with E-state index in [2.05, 4.69) is 26.3 Å². The summed E-state index contributed by atoms with van der Waals surface area (Å²) >= 11 is 0. The van der Waals surface area contributed by atoms with Crippen molar-refractivity contribution < 1.29 is 4.74 Å². The van der Waals surface area contributed by atoms with E-state index in [1.54, 1.807) is 12.4 Å². The van der Waals surface area contributed by atoms with Crippen molar-refractivity contribution in [3.05, 3.63) is 18.5 Å². The Morgan fingerprint density at radius 2 is 2.06 bits per heavy atom. The van der Waals surface area contributed by atoms with Crippen molar-refractivity contribution in [1.82, 2.24) is 14.9 Å². The summed E-state index contributed by atoms with van der Waals surface area (Å²) < 4.78 is 5.29. The predicted octanol–water partition coefficient (Wildman–Crippen LogP) is 0.411. The molecular weight excluding hydrogens is 204 g/mol. The van der Waals surface area contributed by atoms with E-state index in [9.17, 15) is 0 Å². The van der Waals surface area contributed by atoms with Gasteiger partial charge in [-0.15, -0.1) is 0 Å². The van der Waals surface area contributed by atoms with Gasteiger partial charge in [0, 0.05) is 38.1 Å². The van der Waals surface area contributed by atoms with Gasteiger partial charge >= 0.3 is 0 Å². The molecule has 0 aliphatic carbocycles. The first-order valence-electron chi connectivity index (χ1n) is 5.67. The highest BCUT2D eigenvalue weighted by Gasteiger charge is 2.08. The van der Waals surface area contributed by atoms with Crippen molar-refractivity contribution in [2.24, 2.45) is 0 Å². The van der Waals surface area contributed by atoms with Crippen LogP contribution >= 0.6 is 0 Å². The SMILES string of the molecule is [c]1cnc(NCCCN2CCOCC2)nc1. The number of nitrogens with one attached hydrogen (secondary N) is 1. The van der Waals surface area contributed by atoms with Crippen molar-refractivity contribution in [1.29, 1.82) is 0 Å². The Kier molecular flexibility index (Phi) is 4.51. The summed E-state index contributed by atoms with van der Waals surface area (Å²) in [7, 11) is 0. The molecule has 87 valence electrons. The van der Waals surface area contributed by atoms with Crippen molar-refractivity contribution in [3.63, 3.8) is 0 Å². The zero-order chi connectivity index (χ0) is 11.1. The molecule has 0 unspecified atom stereocenters. The topological polar surface area (TPSA) is 50.3 Å². The third kappa shape index (κ3) is 3.75. The van der Waals surface area contributed by atoms with Crippen LogP contribution in [0.1, 0.15) is 6.42 Å². The van der Waals surface area contributed by atoms with E-state index in [1.807, 2.05) is 0 Å². The van der Waals surface area contributed by atoms with Crippen LogP contribution < -0.4 is 5.32 Å². The molecule has 1 N–H and O–H groups in total. The number of aromatic nitrogens is 2. The second-order valence-corrected chi connectivity index (χ2v) is 3.74. The average molecular weight is 221 g/mol. The molecule has 1 radical (unpaired) electrons. The molecule has 0 saturated carbocycles. The average Bonchev–Trinajstić information content (AvgIpc) is 2.37. The maximum atomic E-state index is 5.29. The Bertz CT molecular complexity index is 287. The van der Waals surface area contributed by atoms with Gasteiger partial charge in [0.1, 0.15) is 0 Å². The first-order chi connectivity index (χ1) is 7.95. The van der Waals surface area contributed by atoms with Gasteiger partial charge in [-0.1, -0.05) is 0 Å². The fourth-order valence-corrected chi connectivity index (χ4v) is 1.68. The quantitative estimate of drug-likeness (QED) is 0.730. The first-order valence-corrected chi connectivity index (χ1v) is 5.67. The number of rotatable bonds is 5. The van der Waals surface area contributed by atoms with E-state index in [0.29, 0.717) is 5.95 Å². The van der Waals surface area contributed by atoms with E-state index in [4.69, 9.17) is 4.74 Å². The highest BCUT2D eigenvalue weighted by atomic mass is 16.5. The number of hydrogen-bond acceptors (Lipinski definition) is 5. The normalized spacial score (nSPS) is 17.2. The van der Waals surface area contributed by atoms with Crippen LogP contribution in [0.25, 0.3) is 0 Å². The molecule has 2 heterocycles. The summed E-state index contributed by atoms with van der Waals surface area (Å²) in [4.78, 5) is 10.5. The summed E-state index contributed by atoms with van der Waals surface area (Å²) in [6.07, 6.45) is 4.34. The minimum absolute atomic E-state index is 0.681. The molecule has 5 heteroatoms. The van der Waals surface area contributed by atoms with Gasteiger partial charge in [0.25, 0.3) is 0 Å². The summed E-state index contributed by atoms with van der Waals surface area (Å²) in [5.41, 5.74) is 0. The largest absolute Gasteiger partial charge is 0.379 e. The fourth-order valence-electron chi connectivity index (χ4n) is 1.68. The van der Waals surface area contributed by atoms with Gasteiger partial charge in [-0.25, -0.2) is 9.97 Å². The van der Waals surface area contributed by atoms with Gasteiger partial charge in [0.15, 0.2) is 0 Å². The molecular formula is C11H17N4O. The first kappa shape index (κ1) is 11.3. The number of nitrogens with zero attached hydrogens (tertiary/aromatic N) is 3. The molecule has 1 aromatic heterocycles. The van der Waals surface area contributed by atoms with E-state index < -0.39 is 0 Å². The zero-order valence-electron chi connectivity index (χ0n) is 9.35.